The van der Waals surface area contributed by atoms with E-state index in [0.717, 1.165) is 21.8 Å². The highest BCUT2D eigenvalue weighted by Gasteiger charge is 2.14. The van der Waals surface area contributed by atoms with Crippen LogP contribution in [0.1, 0.15) is 5.56 Å². The van der Waals surface area contributed by atoms with E-state index in [0.29, 0.717) is 11.1 Å². The number of aromatic nitrogens is 1. The molecule has 4 heteroatoms. The third kappa shape index (κ3) is 1.98. The summed E-state index contributed by atoms with van der Waals surface area (Å²) >= 11 is 0. The molecular weight excluding hydrogens is 294 g/mol. The summed E-state index contributed by atoms with van der Waals surface area (Å²) in [4.78, 5) is 3.30. The van der Waals surface area contributed by atoms with Gasteiger partial charge in [-0.2, -0.15) is 5.26 Å². The zero-order valence-corrected chi connectivity index (χ0v) is 11.9. The molecule has 1 heterocycles. The van der Waals surface area contributed by atoms with Gasteiger partial charge in [-0.15, -0.1) is 0 Å². The summed E-state index contributed by atoms with van der Waals surface area (Å²) in [6, 6.07) is 17.4. The molecule has 4 aromatic rings. The fraction of sp³-hybridized carbons (Fsp3) is 0. The monoisotopic (exact) mass is 304 g/mol. The molecule has 23 heavy (non-hydrogen) atoms. The molecule has 3 aromatic carbocycles. The van der Waals surface area contributed by atoms with Crippen LogP contribution in [0.3, 0.4) is 0 Å². The number of benzene rings is 3. The van der Waals surface area contributed by atoms with E-state index in [9.17, 15) is 8.78 Å². The predicted octanol–water partition coefficient (Wildman–Crippen LogP) is 5.14. The van der Waals surface area contributed by atoms with Crippen molar-refractivity contribution in [1.29, 1.82) is 5.26 Å². The van der Waals surface area contributed by atoms with Crippen LogP contribution in [-0.4, -0.2) is 4.98 Å². The van der Waals surface area contributed by atoms with Crippen molar-refractivity contribution in [3.05, 3.63) is 71.8 Å². The molecule has 0 aliphatic heterocycles. The summed E-state index contributed by atoms with van der Waals surface area (Å²) in [5.41, 5.74) is 2.32. The number of aromatic amines is 1. The molecule has 110 valence electrons. The Balaban J connectivity index is 2.05. The number of halogens is 2. The average Bonchev–Trinajstić information content (AvgIpc) is 2.93. The summed E-state index contributed by atoms with van der Waals surface area (Å²) in [5.74, 6) is -1.70. The predicted molar refractivity (Wildman–Crippen MR) is 85.9 cm³/mol. The molecule has 0 amide bonds. The lowest BCUT2D eigenvalue weighted by atomic mass is 10.0. The number of H-pyrrole nitrogens is 1. The molecule has 1 aromatic heterocycles. The molecule has 1 N–H and O–H groups in total. The number of rotatable bonds is 1. The maximum Gasteiger partial charge on any atom is 0.144 e. The molecule has 0 bridgehead atoms. The molecule has 0 aliphatic carbocycles. The van der Waals surface area contributed by atoms with Gasteiger partial charge < -0.3 is 4.98 Å². The standard InChI is InChI=1S/C19H10F2N2/c20-16-8-11(9-17(21)15(16)10-22)12-5-3-6-14-13-4-1-2-7-18(13)23-19(12)14/h1-9,23H. The van der Waals surface area contributed by atoms with Gasteiger partial charge in [0, 0.05) is 21.9 Å². The van der Waals surface area contributed by atoms with Crippen molar-refractivity contribution in [2.45, 2.75) is 0 Å². The number of nitriles is 1. The van der Waals surface area contributed by atoms with Gasteiger partial charge in [0.1, 0.15) is 23.3 Å². The van der Waals surface area contributed by atoms with Crippen molar-refractivity contribution in [1.82, 2.24) is 4.98 Å². The minimum Gasteiger partial charge on any atom is -0.354 e. The van der Waals surface area contributed by atoms with Crippen LogP contribution in [0.2, 0.25) is 0 Å². The van der Waals surface area contributed by atoms with Crippen molar-refractivity contribution >= 4 is 21.8 Å². The molecule has 0 saturated carbocycles. The average molecular weight is 304 g/mol. The van der Waals surface area contributed by atoms with E-state index in [1.165, 1.54) is 12.1 Å². The van der Waals surface area contributed by atoms with Crippen LogP contribution < -0.4 is 0 Å². The van der Waals surface area contributed by atoms with Crippen LogP contribution in [0.15, 0.2) is 54.6 Å². The second-order valence-corrected chi connectivity index (χ2v) is 5.33. The summed E-state index contributed by atoms with van der Waals surface area (Å²) in [5, 5.41) is 10.8. The Bertz CT molecular complexity index is 1080. The van der Waals surface area contributed by atoms with Gasteiger partial charge in [-0.05, 0) is 23.8 Å². The Labute approximate surface area is 130 Å². The van der Waals surface area contributed by atoms with Gasteiger partial charge in [0.2, 0.25) is 0 Å². The first-order valence-electron chi connectivity index (χ1n) is 7.08. The zero-order valence-electron chi connectivity index (χ0n) is 11.9. The van der Waals surface area contributed by atoms with Crippen molar-refractivity contribution in [2.75, 3.05) is 0 Å². The van der Waals surface area contributed by atoms with Gasteiger partial charge >= 0.3 is 0 Å². The van der Waals surface area contributed by atoms with E-state index in [1.54, 1.807) is 12.1 Å². The highest BCUT2D eigenvalue weighted by Crippen LogP contribution is 2.34. The maximum atomic E-state index is 13.9. The molecule has 4 rings (SSSR count). The van der Waals surface area contributed by atoms with Crippen LogP contribution in [0.4, 0.5) is 8.78 Å². The Morgan fingerprint density at radius 2 is 1.57 bits per heavy atom. The Morgan fingerprint density at radius 3 is 2.30 bits per heavy atom. The number of nitrogens with zero attached hydrogens (tertiary/aromatic N) is 1. The van der Waals surface area contributed by atoms with Crippen LogP contribution >= 0.6 is 0 Å². The third-order valence-electron chi connectivity index (χ3n) is 4.01. The summed E-state index contributed by atoms with van der Waals surface area (Å²) in [6.07, 6.45) is 0. The zero-order chi connectivity index (χ0) is 16.0. The smallest absolute Gasteiger partial charge is 0.144 e. The van der Waals surface area contributed by atoms with Crippen molar-refractivity contribution in [3.63, 3.8) is 0 Å². The number of hydrogen-bond acceptors (Lipinski definition) is 1. The first kappa shape index (κ1) is 13.5. The molecule has 0 atom stereocenters. The third-order valence-corrected chi connectivity index (χ3v) is 4.01. The molecule has 2 nitrogen and oxygen atoms in total. The number of nitrogens with one attached hydrogen (secondary N) is 1. The summed E-state index contributed by atoms with van der Waals surface area (Å²) < 4.78 is 27.9. The second kappa shape index (κ2) is 4.92. The van der Waals surface area contributed by atoms with Gasteiger partial charge in [-0.25, -0.2) is 8.78 Å². The largest absolute Gasteiger partial charge is 0.354 e. The fourth-order valence-corrected chi connectivity index (χ4v) is 2.95. The first-order chi connectivity index (χ1) is 11.2. The Kier molecular flexibility index (Phi) is 2.88. The van der Waals surface area contributed by atoms with Gasteiger partial charge in [-0.1, -0.05) is 36.4 Å². The minimum absolute atomic E-state index is 0.399. The molecule has 0 fully saturated rings. The molecule has 0 spiro atoms. The van der Waals surface area contributed by atoms with Crippen LogP contribution in [0, 0.1) is 23.0 Å². The lowest BCUT2D eigenvalue weighted by molar-refractivity contribution is 0.578. The first-order valence-corrected chi connectivity index (χ1v) is 7.08. The van der Waals surface area contributed by atoms with Crippen molar-refractivity contribution < 1.29 is 8.78 Å². The van der Waals surface area contributed by atoms with Crippen LogP contribution in [0.5, 0.6) is 0 Å². The van der Waals surface area contributed by atoms with E-state index in [-0.39, 0.29) is 0 Å². The highest BCUT2D eigenvalue weighted by atomic mass is 19.1. The van der Waals surface area contributed by atoms with E-state index in [1.807, 2.05) is 36.4 Å². The molecule has 0 aliphatic rings. The fourth-order valence-electron chi connectivity index (χ4n) is 2.95. The van der Waals surface area contributed by atoms with Crippen LogP contribution in [-0.2, 0) is 0 Å². The molecular formula is C19H10F2N2. The van der Waals surface area contributed by atoms with Gasteiger partial charge in [0.05, 0.1) is 5.52 Å². The number of fused-ring (bicyclic) bond motifs is 3. The molecule has 0 radical (unpaired) electrons. The molecule has 0 saturated heterocycles. The van der Waals surface area contributed by atoms with Crippen molar-refractivity contribution in [3.8, 4) is 17.2 Å². The lowest BCUT2D eigenvalue weighted by Crippen LogP contribution is -1.92. The number of hydrogen-bond donors (Lipinski definition) is 1. The quantitative estimate of drug-likeness (QED) is 0.520. The normalized spacial score (nSPS) is 11.0. The number of para-hydroxylation sites is 2. The summed E-state index contributed by atoms with van der Waals surface area (Å²) in [6.45, 7) is 0. The second-order valence-electron chi connectivity index (χ2n) is 5.33. The molecule has 0 unspecified atom stereocenters. The van der Waals surface area contributed by atoms with E-state index >= 15 is 0 Å². The van der Waals surface area contributed by atoms with E-state index < -0.39 is 17.2 Å². The maximum absolute atomic E-state index is 13.9. The van der Waals surface area contributed by atoms with Crippen molar-refractivity contribution in [2.24, 2.45) is 0 Å². The van der Waals surface area contributed by atoms with E-state index in [2.05, 4.69) is 4.98 Å². The lowest BCUT2D eigenvalue weighted by Gasteiger charge is -2.06. The van der Waals surface area contributed by atoms with Crippen LogP contribution in [0.25, 0.3) is 32.9 Å². The topological polar surface area (TPSA) is 39.6 Å². The Morgan fingerprint density at radius 1 is 0.870 bits per heavy atom. The van der Waals surface area contributed by atoms with Gasteiger partial charge in [0.25, 0.3) is 0 Å². The van der Waals surface area contributed by atoms with Gasteiger partial charge in [-0.3, -0.25) is 0 Å². The Hall–Kier alpha value is -3.19. The summed E-state index contributed by atoms with van der Waals surface area (Å²) in [7, 11) is 0. The highest BCUT2D eigenvalue weighted by molar-refractivity contribution is 6.11. The van der Waals surface area contributed by atoms with Gasteiger partial charge in [0.15, 0.2) is 0 Å². The van der Waals surface area contributed by atoms with E-state index in [4.69, 9.17) is 5.26 Å². The minimum atomic E-state index is -0.851. The SMILES string of the molecule is N#Cc1c(F)cc(-c2cccc3c2[nH]c2ccccc23)cc1F.